The van der Waals surface area contributed by atoms with Crippen molar-refractivity contribution in [1.29, 1.82) is 0 Å². The first-order valence-electron chi connectivity index (χ1n) is 10.9. The second-order valence-corrected chi connectivity index (χ2v) is 11.0. The minimum Gasteiger partial charge on any atom is -0.493 e. The number of hydrogen-bond donors (Lipinski definition) is 0. The van der Waals surface area contributed by atoms with Gasteiger partial charge in [-0.1, -0.05) is 41.8 Å². The van der Waals surface area contributed by atoms with Crippen molar-refractivity contribution in [3.63, 3.8) is 0 Å². The van der Waals surface area contributed by atoms with Gasteiger partial charge >= 0.3 is 0 Å². The topological polar surface area (TPSA) is 85.3 Å². The Kier molecular flexibility index (Phi) is 9.21. The minimum absolute atomic E-state index is 0.0600. The summed E-state index contributed by atoms with van der Waals surface area (Å²) in [4.78, 5) is 14.8. The highest BCUT2D eigenvalue weighted by molar-refractivity contribution is 9.10. The van der Waals surface area contributed by atoms with Crippen molar-refractivity contribution in [2.45, 2.75) is 38.0 Å². The Balaban J connectivity index is 1.88. The van der Waals surface area contributed by atoms with Crippen LogP contribution in [0.2, 0.25) is 0 Å². The van der Waals surface area contributed by atoms with Gasteiger partial charge in [0.15, 0.2) is 16.7 Å². The lowest BCUT2D eigenvalue weighted by atomic mass is 10.2. The number of carbonyl (C=O) groups is 1. The minimum atomic E-state index is -3.97. The Morgan fingerprint density at radius 3 is 2.47 bits per heavy atom. The smallest absolute Gasteiger partial charge is 0.284 e. The average molecular weight is 568 g/mol. The Morgan fingerprint density at radius 2 is 1.82 bits per heavy atom. The standard InChI is InChI=1S/C24H27BrN2O5S2/c1-4-6-7-14-32-21-15-17(8-13-20(21)31-3)16-22-23(28)27(5-2)24(33-22)26-34(29,30)19-11-9-18(25)10-12-19/h8-13,15-16H,4-7,14H2,1-3H3/b22-16-,26-24?. The molecule has 10 heteroatoms. The molecule has 0 N–H and O–H groups in total. The van der Waals surface area contributed by atoms with Gasteiger partial charge in [0, 0.05) is 11.0 Å². The van der Waals surface area contributed by atoms with Crippen LogP contribution >= 0.6 is 27.7 Å². The van der Waals surface area contributed by atoms with Crippen LogP contribution < -0.4 is 9.47 Å². The number of halogens is 1. The van der Waals surface area contributed by atoms with Crippen LogP contribution in [0.15, 0.2) is 61.1 Å². The number of unbranched alkanes of at least 4 members (excludes halogenated alkanes) is 2. The molecule has 1 saturated heterocycles. The molecule has 0 spiro atoms. The molecule has 34 heavy (non-hydrogen) atoms. The first-order chi connectivity index (χ1) is 16.3. The van der Waals surface area contributed by atoms with Crippen LogP contribution in [-0.2, 0) is 14.8 Å². The van der Waals surface area contributed by atoms with Gasteiger partial charge in [-0.05, 0) is 73.1 Å². The van der Waals surface area contributed by atoms with Gasteiger partial charge in [0.1, 0.15) is 0 Å². The molecular formula is C24H27BrN2O5S2. The maximum atomic E-state index is 13.0. The lowest BCUT2D eigenvalue weighted by Crippen LogP contribution is -2.29. The van der Waals surface area contributed by atoms with Gasteiger partial charge in [0.25, 0.3) is 15.9 Å². The number of ether oxygens (including phenoxy) is 2. The van der Waals surface area contributed by atoms with Crippen LogP contribution in [0.5, 0.6) is 11.5 Å². The predicted octanol–water partition coefficient (Wildman–Crippen LogP) is 5.71. The number of nitrogens with zero attached hydrogens (tertiary/aromatic N) is 2. The molecule has 3 rings (SSSR count). The SMILES string of the molecule is CCCCCOc1cc(/C=C2\SC(=NS(=O)(=O)c3ccc(Br)cc3)N(CC)C2=O)ccc1OC. The second-order valence-electron chi connectivity index (χ2n) is 7.43. The fourth-order valence-corrected chi connectivity index (χ4v) is 5.71. The monoisotopic (exact) mass is 566 g/mol. The third-order valence-electron chi connectivity index (χ3n) is 5.00. The number of carbonyl (C=O) groups excluding carboxylic acids is 1. The van der Waals surface area contributed by atoms with E-state index in [1.54, 1.807) is 38.3 Å². The fraction of sp³-hybridized carbons (Fsp3) is 0.333. The average Bonchev–Trinajstić information content (AvgIpc) is 3.10. The molecule has 1 aliphatic rings. The van der Waals surface area contributed by atoms with Crippen molar-refractivity contribution in [2.75, 3.05) is 20.3 Å². The summed E-state index contributed by atoms with van der Waals surface area (Å²) in [5, 5.41) is 0.131. The number of benzene rings is 2. The largest absolute Gasteiger partial charge is 0.493 e. The summed E-state index contributed by atoms with van der Waals surface area (Å²) in [5.74, 6) is 0.919. The zero-order valence-corrected chi connectivity index (χ0v) is 22.5. The Morgan fingerprint density at radius 1 is 1.09 bits per heavy atom. The quantitative estimate of drug-likeness (QED) is 0.270. The summed E-state index contributed by atoms with van der Waals surface area (Å²) >= 11 is 4.33. The summed E-state index contributed by atoms with van der Waals surface area (Å²) < 4.78 is 41.6. The van der Waals surface area contributed by atoms with E-state index in [2.05, 4.69) is 27.3 Å². The second kappa shape index (κ2) is 11.9. The van der Waals surface area contributed by atoms with Gasteiger partial charge in [-0.15, -0.1) is 4.40 Å². The van der Waals surface area contributed by atoms with E-state index in [1.807, 2.05) is 12.1 Å². The number of amides is 1. The van der Waals surface area contributed by atoms with E-state index in [1.165, 1.54) is 17.0 Å². The van der Waals surface area contributed by atoms with Crippen LogP contribution in [0.3, 0.4) is 0 Å². The third kappa shape index (κ3) is 6.43. The Bertz CT molecular complexity index is 1190. The van der Waals surface area contributed by atoms with Crippen LogP contribution in [0.1, 0.15) is 38.7 Å². The number of thioether (sulfide) groups is 1. The van der Waals surface area contributed by atoms with E-state index in [-0.39, 0.29) is 16.0 Å². The molecule has 0 aromatic heterocycles. The van der Waals surface area contributed by atoms with Crippen LogP contribution in [0.25, 0.3) is 6.08 Å². The lowest BCUT2D eigenvalue weighted by molar-refractivity contribution is -0.122. The zero-order valence-electron chi connectivity index (χ0n) is 19.3. The Labute approximate surface area is 213 Å². The van der Waals surface area contributed by atoms with Crippen molar-refractivity contribution in [2.24, 2.45) is 4.40 Å². The van der Waals surface area contributed by atoms with Crippen LogP contribution in [0, 0.1) is 0 Å². The van der Waals surface area contributed by atoms with Crippen molar-refractivity contribution in [3.8, 4) is 11.5 Å². The molecule has 0 unspecified atom stereocenters. The van der Waals surface area contributed by atoms with E-state index in [0.29, 0.717) is 29.6 Å². The molecule has 182 valence electrons. The summed E-state index contributed by atoms with van der Waals surface area (Å²) in [7, 11) is -2.39. The first kappa shape index (κ1) is 26.3. The van der Waals surface area contributed by atoms with E-state index in [4.69, 9.17) is 9.47 Å². The molecule has 1 fully saturated rings. The summed E-state index contributed by atoms with van der Waals surface area (Å²) in [5.41, 5.74) is 0.746. The molecule has 1 aliphatic heterocycles. The number of hydrogen-bond acceptors (Lipinski definition) is 6. The Hall–Kier alpha value is -2.30. The molecule has 0 aliphatic carbocycles. The van der Waals surface area contributed by atoms with Crippen molar-refractivity contribution in [1.82, 2.24) is 4.90 Å². The van der Waals surface area contributed by atoms with Gasteiger partial charge < -0.3 is 9.47 Å². The highest BCUT2D eigenvalue weighted by Gasteiger charge is 2.34. The fourth-order valence-electron chi connectivity index (χ4n) is 3.20. The van der Waals surface area contributed by atoms with E-state index in [9.17, 15) is 13.2 Å². The zero-order chi connectivity index (χ0) is 24.7. The summed E-state index contributed by atoms with van der Waals surface area (Å²) in [6.07, 6.45) is 4.83. The predicted molar refractivity (Wildman–Crippen MR) is 140 cm³/mol. The van der Waals surface area contributed by atoms with Crippen molar-refractivity contribution < 1.29 is 22.7 Å². The van der Waals surface area contributed by atoms with Crippen LogP contribution in [0.4, 0.5) is 0 Å². The lowest BCUT2D eigenvalue weighted by Gasteiger charge is -2.12. The van der Waals surface area contributed by atoms with Crippen LogP contribution in [-0.4, -0.2) is 44.7 Å². The van der Waals surface area contributed by atoms with E-state index >= 15 is 0 Å². The van der Waals surface area contributed by atoms with E-state index < -0.39 is 10.0 Å². The molecular weight excluding hydrogens is 540 g/mol. The molecule has 0 radical (unpaired) electrons. The molecule has 7 nitrogen and oxygen atoms in total. The van der Waals surface area contributed by atoms with Crippen molar-refractivity contribution in [3.05, 3.63) is 57.4 Å². The number of sulfonamides is 1. The highest BCUT2D eigenvalue weighted by Crippen LogP contribution is 2.35. The van der Waals surface area contributed by atoms with Gasteiger partial charge in [0.05, 0.1) is 23.5 Å². The maximum absolute atomic E-state index is 13.0. The number of methoxy groups -OCH3 is 1. The number of rotatable bonds is 10. The molecule has 0 saturated carbocycles. The molecule has 0 bridgehead atoms. The maximum Gasteiger partial charge on any atom is 0.284 e. The van der Waals surface area contributed by atoms with Gasteiger partial charge in [-0.2, -0.15) is 8.42 Å². The third-order valence-corrected chi connectivity index (χ3v) is 7.94. The molecule has 2 aromatic rings. The van der Waals surface area contributed by atoms with Gasteiger partial charge in [-0.3, -0.25) is 9.69 Å². The number of amidine groups is 1. The summed E-state index contributed by atoms with van der Waals surface area (Å²) in [6, 6.07) is 11.6. The normalized spacial score (nSPS) is 16.5. The van der Waals surface area contributed by atoms with Gasteiger partial charge in [-0.25, -0.2) is 0 Å². The first-order valence-corrected chi connectivity index (χ1v) is 14.0. The highest BCUT2D eigenvalue weighted by atomic mass is 79.9. The molecule has 0 atom stereocenters. The molecule has 1 amide bonds. The molecule has 2 aromatic carbocycles. The van der Waals surface area contributed by atoms with E-state index in [0.717, 1.165) is 41.1 Å². The number of likely N-dealkylation sites (N-methyl/N-ethyl adjacent to an activating group) is 1. The summed E-state index contributed by atoms with van der Waals surface area (Å²) in [6.45, 7) is 4.78. The molecule has 1 heterocycles. The van der Waals surface area contributed by atoms with Crippen molar-refractivity contribution >= 4 is 54.9 Å². The van der Waals surface area contributed by atoms with Gasteiger partial charge in [0.2, 0.25) is 0 Å².